The smallest absolute Gasteiger partial charge is 0.227 e. The van der Waals surface area contributed by atoms with E-state index in [9.17, 15) is 0 Å². The standard InChI is InChI=1S/C42H47N3O/c1-40(2,3)31-20-13-28(14-21-31)15-24-33-27-36(29-16-22-32(23-17-29)41(4,5)6)45(44-33)34-25-18-30(19-26-34)39-43-38-35(42(7,8)9)11-10-12-37(38)46-39/h10-26,36H,27H2,1-9H3. The van der Waals surface area contributed by atoms with Gasteiger partial charge >= 0.3 is 0 Å². The molecule has 1 aliphatic rings. The van der Waals surface area contributed by atoms with Crippen molar-refractivity contribution in [3.63, 3.8) is 0 Å². The van der Waals surface area contributed by atoms with Gasteiger partial charge in [0.1, 0.15) is 5.52 Å². The highest BCUT2D eigenvalue weighted by Crippen LogP contribution is 2.38. The number of nitrogens with zero attached hydrogens (tertiary/aromatic N) is 3. The van der Waals surface area contributed by atoms with Gasteiger partial charge < -0.3 is 4.42 Å². The largest absolute Gasteiger partial charge is 0.436 e. The number of hydrazone groups is 1. The van der Waals surface area contributed by atoms with Crippen LogP contribution >= 0.6 is 0 Å². The van der Waals surface area contributed by atoms with Gasteiger partial charge in [-0.05, 0) is 80.5 Å². The summed E-state index contributed by atoms with van der Waals surface area (Å²) in [7, 11) is 0. The maximum absolute atomic E-state index is 6.24. The van der Waals surface area contributed by atoms with Crippen molar-refractivity contribution >= 4 is 28.6 Å². The molecule has 1 atom stereocenters. The van der Waals surface area contributed by atoms with E-state index < -0.39 is 0 Å². The summed E-state index contributed by atoms with van der Waals surface area (Å²) in [5.74, 6) is 0.638. The third kappa shape index (κ3) is 6.58. The van der Waals surface area contributed by atoms with Gasteiger partial charge in [-0.1, -0.05) is 129 Å². The predicted molar refractivity (Wildman–Crippen MR) is 195 cm³/mol. The molecule has 236 valence electrons. The van der Waals surface area contributed by atoms with E-state index in [1.165, 1.54) is 27.8 Å². The fraction of sp³-hybridized carbons (Fsp3) is 0.333. The van der Waals surface area contributed by atoms with Gasteiger partial charge in [-0.2, -0.15) is 5.10 Å². The zero-order valence-corrected chi connectivity index (χ0v) is 28.8. The Morgan fingerprint density at radius 3 is 1.87 bits per heavy atom. The van der Waals surface area contributed by atoms with Crippen LogP contribution in [0.3, 0.4) is 0 Å². The number of anilines is 1. The van der Waals surface area contributed by atoms with Gasteiger partial charge in [0.15, 0.2) is 5.58 Å². The van der Waals surface area contributed by atoms with E-state index in [1.807, 2.05) is 12.1 Å². The monoisotopic (exact) mass is 609 g/mol. The van der Waals surface area contributed by atoms with Crippen LogP contribution in [0.2, 0.25) is 0 Å². The van der Waals surface area contributed by atoms with Crippen LogP contribution in [0, 0.1) is 0 Å². The van der Waals surface area contributed by atoms with E-state index in [4.69, 9.17) is 14.5 Å². The predicted octanol–water partition coefficient (Wildman–Crippen LogP) is 11.4. The first kappa shape index (κ1) is 31.5. The van der Waals surface area contributed by atoms with Crippen LogP contribution in [0.5, 0.6) is 0 Å². The molecule has 0 spiro atoms. The second kappa shape index (κ2) is 11.7. The number of aromatic nitrogens is 1. The molecule has 0 saturated carbocycles. The lowest BCUT2D eigenvalue weighted by atomic mass is 9.86. The Morgan fingerprint density at radius 1 is 0.674 bits per heavy atom. The Hall–Kier alpha value is -4.44. The van der Waals surface area contributed by atoms with E-state index >= 15 is 0 Å². The number of hydrogen-bond acceptors (Lipinski definition) is 4. The Kier molecular flexibility index (Phi) is 8.04. The minimum absolute atomic E-state index is 0.0204. The van der Waals surface area contributed by atoms with Gasteiger partial charge in [0.05, 0.1) is 17.4 Å². The average Bonchev–Trinajstić information content (AvgIpc) is 3.64. The first-order valence-electron chi connectivity index (χ1n) is 16.4. The van der Waals surface area contributed by atoms with Crippen molar-refractivity contribution in [2.24, 2.45) is 5.10 Å². The van der Waals surface area contributed by atoms with Crippen molar-refractivity contribution in [3.05, 3.63) is 125 Å². The van der Waals surface area contributed by atoms with Crippen molar-refractivity contribution in [1.29, 1.82) is 0 Å². The quantitative estimate of drug-likeness (QED) is 0.199. The summed E-state index contributed by atoms with van der Waals surface area (Å²) in [4.78, 5) is 4.93. The number of rotatable bonds is 5. The third-order valence-electron chi connectivity index (χ3n) is 8.95. The van der Waals surface area contributed by atoms with Crippen LogP contribution in [0.4, 0.5) is 5.69 Å². The molecule has 0 N–H and O–H groups in total. The molecule has 0 fully saturated rings. The molecule has 1 aliphatic heterocycles. The molecular formula is C42H47N3O. The van der Waals surface area contributed by atoms with Crippen molar-refractivity contribution in [3.8, 4) is 11.5 Å². The molecule has 46 heavy (non-hydrogen) atoms. The molecule has 4 heteroatoms. The maximum Gasteiger partial charge on any atom is 0.227 e. The lowest BCUT2D eigenvalue weighted by molar-refractivity contribution is 0.589. The van der Waals surface area contributed by atoms with Gasteiger partial charge in [0.2, 0.25) is 5.89 Å². The summed E-state index contributed by atoms with van der Waals surface area (Å²) < 4.78 is 6.24. The SMILES string of the molecule is CC(C)(C)c1ccc(C=CC2=NN(c3ccc(-c4nc5c(C(C)(C)C)cccc5o4)cc3)C(c3ccc(C(C)(C)C)cc3)C2)cc1. The number of oxazole rings is 1. The Balaban J connectivity index is 1.31. The van der Waals surface area contributed by atoms with Crippen LogP contribution in [-0.2, 0) is 16.2 Å². The number of fused-ring (bicyclic) bond motifs is 1. The van der Waals surface area contributed by atoms with E-state index in [1.54, 1.807) is 0 Å². The molecule has 6 rings (SSSR count). The highest BCUT2D eigenvalue weighted by Gasteiger charge is 2.29. The van der Waals surface area contributed by atoms with Gasteiger partial charge in [0.25, 0.3) is 0 Å². The minimum Gasteiger partial charge on any atom is -0.436 e. The summed E-state index contributed by atoms with van der Waals surface area (Å²) in [5, 5.41) is 7.33. The van der Waals surface area contributed by atoms with Crippen molar-refractivity contribution in [2.75, 3.05) is 5.01 Å². The summed E-state index contributed by atoms with van der Waals surface area (Å²) in [6.07, 6.45) is 5.17. The highest BCUT2D eigenvalue weighted by atomic mass is 16.3. The van der Waals surface area contributed by atoms with Crippen molar-refractivity contribution < 1.29 is 4.42 Å². The van der Waals surface area contributed by atoms with E-state index in [-0.39, 0.29) is 22.3 Å². The van der Waals surface area contributed by atoms with Gasteiger partial charge in [-0.25, -0.2) is 4.98 Å². The molecule has 0 amide bonds. The first-order valence-corrected chi connectivity index (χ1v) is 16.4. The van der Waals surface area contributed by atoms with Crippen molar-refractivity contribution in [1.82, 2.24) is 4.98 Å². The molecular weight excluding hydrogens is 562 g/mol. The second-order valence-corrected chi connectivity index (χ2v) is 15.7. The molecule has 5 aromatic rings. The van der Waals surface area contributed by atoms with Crippen LogP contribution in [0.25, 0.3) is 28.6 Å². The van der Waals surface area contributed by atoms with Crippen LogP contribution in [0.15, 0.2) is 107 Å². The fourth-order valence-electron chi connectivity index (χ4n) is 6.06. The van der Waals surface area contributed by atoms with E-state index in [0.29, 0.717) is 5.89 Å². The summed E-state index contributed by atoms with van der Waals surface area (Å²) >= 11 is 0. The topological polar surface area (TPSA) is 41.6 Å². The Morgan fingerprint density at radius 2 is 1.28 bits per heavy atom. The second-order valence-electron chi connectivity index (χ2n) is 15.7. The highest BCUT2D eigenvalue weighted by molar-refractivity contribution is 6.01. The number of hydrogen-bond donors (Lipinski definition) is 0. The lowest BCUT2D eigenvalue weighted by Crippen LogP contribution is -2.19. The van der Waals surface area contributed by atoms with E-state index in [0.717, 1.165) is 34.5 Å². The number of allylic oxidation sites excluding steroid dienone is 1. The molecule has 4 aromatic carbocycles. The molecule has 0 saturated heterocycles. The molecule has 0 aliphatic carbocycles. The van der Waals surface area contributed by atoms with Gasteiger partial charge in [0, 0.05) is 12.0 Å². The first-order chi connectivity index (χ1) is 21.7. The zero-order chi connectivity index (χ0) is 32.9. The van der Waals surface area contributed by atoms with Gasteiger partial charge in [-0.3, -0.25) is 5.01 Å². The average molecular weight is 610 g/mol. The Labute approximate surface area is 274 Å². The lowest BCUT2D eigenvalue weighted by Gasteiger charge is -2.25. The van der Waals surface area contributed by atoms with Crippen molar-refractivity contribution in [2.45, 2.75) is 91.0 Å². The fourth-order valence-corrected chi connectivity index (χ4v) is 6.06. The number of para-hydroxylation sites is 1. The van der Waals surface area contributed by atoms with Gasteiger partial charge in [-0.15, -0.1) is 0 Å². The number of benzene rings is 4. The summed E-state index contributed by atoms with van der Waals surface area (Å²) in [6, 6.07) is 32.7. The minimum atomic E-state index is -0.0204. The third-order valence-corrected chi connectivity index (χ3v) is 8.95. The molecule has 2 heterocycles. The van der Waals surface area contributed by atoms with E-state index in [2.05, 4.69) is 158 Å². The summed E-state index contributed by atoms with van der Waals surface area (Å²) in [6.45, 7) is 20.1. The van der Waals surface area contributed by atoms with Crippen LogP contribution in [-0.4, -0.2) is 10.7 Å². The zero-order valence-electron chi connectivity index (χ0n) is 28.8. The molecule has 0 bridgehead atoms. The molecule has 4 nitrogen and oxygen atoms in total. The molecule has 1 aromatic heterocycles. The molecule has 0 radical (unpaired) electrons. The summed E-state index contributed by atoms with van der Waals surface area (Å²) in [5.41, 5.74) is 11.3. The Bertz CT molecular complexity index is 1890. The maximum atomic E-state index is 6.24. The van der Waals surface area contributed by atoms with Crippen LogP contribution in [0.1, 0.15) is 103 Å². The normalized spacial score (nSPS) is 16.1. The molecule has 1 unspecified atom stereocenters. The van der Waals surface area contributed by atoms with Crippen LogP contribution < -0.4 is 5.01 Å².